The van der Waals surface area contributed by atoms with E-state index in [1.807, 2.05) is 0 Å². The van der Waals surface area contributed by atoms with Gasteiger partial charge in [0.25, 0.3) is 5.91 Å². The zero-order valence-corrected chi connectivity index (χ0v) is 18.4. The fourth-order valence-corrected chi connectivity index (χ4v) is 4.08. The zero-order chi connectivity index (χ0) is 21.1. The third-order valence-electron chi connectivity index (χ3n) is 4.77. The highest BCUT2D eigenvalue weighted by Gasteiger charge is 2.33. The Morgan fingerprint density at radius 3 is 2.80 bits per heavy atom. The zero-order valence-electron chi connectivity index (χ0n) is 16.3. The summed E-state index contributed by atoms with van der Waals surface area (Å²) in [5.41, 5.74) is 6.38. The molecule has 4 rings (SSSR count). The van der Waals surface area contributed by atoms with Gasteiger partial charge in [-0.15, -0.1) is 0 Å². The molecule has 0 spiro atoms. The summed E-state index contributed by atoms with van der Waals surface area (Å²) < 4.78 is 13.1. The Hall–Kier alpha value is -2.82. The fourth-order valence-electron chi connectivity index (χ4n) is 3.18. The number of halogens is 2. The van der Waals surface area contributed by atoms with Gasteiger partial charge in [-0.3, -0.25) is 25.3 Å². The van der Waals surface area contributed by atoms with Crippen molar-refractivity contribution in [1.82, 2.24) is 25.6 Å². The van der Waals surface area contributed by atoms with Crippen LogP contribution < -0.4 is 5.43 Å². The van der Waals surface area contributed by atoms with Crippen LogP contribution in [0.1, 0.15) is 46.3 Å². The fraction of sp³-hybridized carbons (Fsp3) is 0.238. The summed E-state index contributed by atoms with van der Waals surface area (Å²) in [6, 6.07) is 9.62. The van der Waals surface area contributed by atoms with Gasteiger partial charge in [0.15, 0.2) is 0 Å². The first-order valence-electron chi connectivity index (χ1n) is 9.64. The van der Waals surface area contributed by atoms with Gasteiger partial charge in [-0.05, 0) is 65.4 Å². The number of amides is 1. The summed E-state index contributed by atoms with van der Waals surface area (Å²) in [7, 11) is 0. The summed E-state index contributed by atoms with van der Waals surface area (Å²) in [4.78, 5) is 21.6. The standard InChI is InChI=1S/C21H20FIN6O/c1-2-3-6-16-25-18-17(13-7-9-15(22)10-8-13)26-27-19(18)20(23)29(16)28-21(30)14-5-4-11-24-12-14/h4-5,7-12,20H,2-3,6H2,1H3,(H,26,27)(H,28,30). The molecule has 9 heteroatoms. The number of carbonyl (C=O) groups excluding carboxylic acids is 1. The molecule has 0 bridgehead atoms. The van der Waals surface area contributed by atoms with Crippen LogP contribution >= 0.6 is 22.6 Å². The molecular formula is C21H20FIN6O. The van der Waals surface area contributed by atoms with Gasteiger partial charge in [0.05, 0.1) is 11.3 Å². The van der Waals surface area contributed by atoms with E-state index in [2.05, 4.69) is 50.1 Å². The van der Waals surface area contributed by atoms with Crippen molar-refractivity contribution >= 4 is 40.0 Å². The molecule has 1 aromatic carbocycles. The number of pyridine rings is 1. The molecule has 3 heterocycles. The normalized spacial score (nSPS) is 15.5. The third kappa shape index (κ3) is 4.07. The Labute approximate surface area is 186 Å². The number of carbonyl (C=O) groups is 1. The van der Waals surface area contributed by atoms with Gasteiger partial charge < -0.3 is 0 Å². The highest BCUT2D eigenvalue weighted by Crippen LogP contribution is 2.42. The smallest absolute Gasteiger partial charge is 0.271 e. The number of rotatable bonds is 6. The maximum atomic E-state index is 13.3. The molecule has 1 atom stereocenters. The lowest BCUT2D eigenvalue weighted by molar-refractivity contribution is 0.0861. The van der Waals surface area contributed by atoms with Crippen LogP contribution in [-0.2, 0) is 0 Å². The Morgan fingerprint density at radius 1 is 1.30 bits per heavy atom. The molecule has 0 radical (unpaired) electrons. The number of unbranched alkanes of at least 4 members (excludes halogenated alkanes) is 1. The van der Waals surface area contributed by atoms with E-state index in [1.54, 1.807) is 35.5 Å². The number of nitrogens with zero attached hydrogens (tertiary/aromatic N) is 4. The van der Waals surface area contributed by atoms with Crippen LogP contribution in [0.15, 0.2) is 53.8 Å². The highest BCUT2D eigenvalue weighted by molar-refractivity contribution is 14.1. The van der Waals surface area contributed by atoms with Gasteiger partial charge in [0.2, 0.25) is 0 Å². The van der Waals surface area contributed by atoms with Crippen LogP contribution in [0.4, 0.5) is 10.1 Å². The number of hydrogen-bond acceptors (Lipinski definition) is 5. The van der Waals surface area contributed by atoms with Gasteiger partial charge in [-0.1, -0.05) is 13.3 Å². The molecule has 3 aromatic rings. The summed E-state index contributed by atoms with van der Waals surface area (Å²) in [5.74, 6) is 0.202. The molecule has 1 aliphatic heterocycles. The minimum atomic E-state index is -0.300. The van der Waals surface area contributed by atoms with Crippen LogP contribution in [0.2, 0.25) is 0 Å². The molecule has 2 N–H and O–H groups in total. The van der Waals surface area contributed by atoms with Crippen molar-refractivity contribution in [2.45, 2.75) is 30.2 Å². The number of aliphatic imine (C=N–C) groups is 1. The Kier molecular flexibility index (Phi) is 6.07. The van der Waals surface area contributed by atoms with E-state index in [-0.39, 0.29) is 15.8 Å². The molecule has 0 aliphatic carbocycles. The lowest BCUT2D eigenvalue weighted by Crippen LogP contribution is -2.48. The Bertz CT molecular complexity index is 1070. The van der Waals surface area contributed by atoms with Gasteiger partial charge >= 0.3 is 0 Å². The van der Waals surface area contributed by atoms with E-state index in [0.717, 1.165) is 35.6 Å². The lowest BCUT2D eigenvalue weighted by atomic mass is 10.1. The second-order valence-corrected chi connectivity index (χ2v) is 8.04. The van der Waals surface area contributed by atoms with Crippen molar-refractivity contribution in [3.8, 4) is 11.3 Å². The molecule has 0 saturated heterocycles. The van der Waals surface area contributed by atoms with Crippen LogP contribution in [0.3, 0.4) is 0 Å². The molecule has 0 saturated carbocycles. The minimum absolute atomic E-state index is 0.232. The largest absolute Gasteiger partial charge is 0.277 e. The molecule has 0 fully saturated rings. The maximum absolute atomic E-state index is 13.3. The second-order valence-electron chi connectivity index (χ2n) is 6.86. The number of fused-ring (bicyclic) bond motifs is 1. The van der Waals surface area contributed by atoms with Crippen LogP contribution in [0, 0.1) is 5.82 Å². The van der Waals surface area contributed by atoms with Crippen molar-refractivity contribution in [2.24, 2.45) is 4.99 Å². The van der Waals surface area contributed by atoms with Crippen molar-refractivity contribution in [3.05, 3.63) is 65.9 Å². The monoisotopic (exact) mass is 518 g/mol. The van der Waals surface area contributed by atoms with Crippen molar-refractivity contribution < 1.29 is 9.18 Å². The molecule has 1 unspecified atom stereocenters. The molecule has 1 aliphatic rings. The van der Waals surface area contributed by atoms with Gasteiger partial charge in [-0.25, -0.2) is 9.38 Å². The molecule has 7 nitrogen and oxygen atoms in total. The van der Waals surface area contributed by atoms with Crippen LogP contribution in [0.25, 0.3) is 11.3 Å². The number of nitrogens with one attached hydrogen (secondary N) is 2. The number of aromatic amines is 1. The summed E-state index contributed by atoms with van der Waals surface area (Å²) in [6.07, 6.45) is 5.79. The van der Waals surface area contributed by atoms with Crippen molar-refractivity contribution in [1.29, 1.82) is 0 Å². The first kappa shape index (κ1) is 20.5. The van der Waals surface area contributed by atoms with Crippen LogP contribution in [-0.4, -0.2) is 31.9 Å². The average Bonchev–Trinajstić information content (AvgIpc) is 3.19. The summed E-state index contributed by atoms with van der Waals surface area (Å²) in [5, 5.41) is 9.25. The number of alkyl halides is 1. The van der Waals surface area contributed by atoms with Gasteiger partial charge in [0.1, 0.15) is 27.1 Å². The van der Waals surface area contributed by atoms with E-state index in [0.29, 0.717) is 17.7 Å². The predicted octanol–water partition coefficient (Wildman–Crippen LogP) is 4.93. The van der Waals surface area contributed by atoms with Gasteiger partial charge in [-0.2, -0.15) is 5.10 Å². The number of amidine groups is 1. The van der Waals surface area contributed by atoms with E-state index < -0.39 is 0 Å². The van der Waals surface area contributed by atoms with Crippen LogP contribution in [0.5, 0.6) is 0 Å². The number of aromatic nitrogens is 3. The first-order valence-corrected chi connectivity index (χ1v) is 10.9. The maximum Gasteiger partial charge on any atom is 0.271 e. The molecule has 2 aromatic heterocycles. The number of hydrazine groups is 1. The minimum Gasteiger partial charge on any atom is -0.277 e. The Morgan fingerprint density at radius 2 is 2.10 bits per heavy atom. The molecule has 30 heavy (non-hydrogen) atoms. The lowest BCUT2D eigenvalue weighted by Gasteiger charge is -2.33. The predicted molar refractivity (Wildman–Crippen MR) is 121 cm³/mol. The second kappa shape index (κ2) is 8.90. The first-order chi connectivity index (χ1) is 14.6. The van der Waals surface area contributed by atoms with Crippen molar-refractivity contribution in [3.63, 3.8) is 0 Å². The molecule has 154 valence electrons. The van der Waals surface area contributed by atoms with Gasteiger partial charge in [0, 0.05) is 24.4 Å². The number of benzene rings is 1. The average molecular weight is 518 g/mol. The topological polar surface area (TPSA) is 86.3 Å². The summed E-state index contributed by atoms with van der Waals surface area (Å²) >= 11 is 2.25. The molecule has 1 amide bonds. The Balaban J connectivity index is 1.69. The third-order valence-corrected chi connectivity index (χ3v) is 5.95. The van der Waals surface area contributed by atoms with E-state index in [4.69, 9.17) is 4.99 Å². The quantitative estimate of drug-likeness (QED) is 0.276. The van der Waals surface area contributed by atoms with Crippen molar-refractivity contribution in [2.75, 3.05) is 0 Å². The SMILES string of the molecule is CCCCC1=Nc2c(-c3ccc(F)cc3)n[nH]c2C(I)N1NC(=O)c1cccnc1. The highest BCUT2D eigenvalue weighted by atomic mass is 127. The number of hydrogen-bond donors (Lipinski definition) is 2. The van der Waals surface area contributed by atoms with E-state index in [9.17, 15) is 9.18 Å². The summed E-state index contributed by atoms with van der Waals surface area (Å²) in [6.45, 7) is 2.11. The van der Waals surface area contributed by atoms with E-state index >= 15 is 0 Å². The van der Waals surface area contributed by atoms with E-state index in [1.165, 1.54) is 18.3 Å². The molecular weight excluding hydrogens is 498 g/mol. The number of H-pyrrole nitrogens is 1.